The van der Waals surface area contributed by atoms with E-state index in [1.165, 1.54) is 12.1 Å². The second-order valence-corrected chi connectivity index (χ2v) is 4.99. The Morgan fingerprint density at radius 1 is 1.17 bits per heavy atom. The van der Waals surface area contributed by atoms with Gasteiger partial charge in [-0.3, -0.25) is 0 Å². The highest BCUT2D eigenvalue weighted by atomic mass is 35.5. The average molecular weight is 338 g/mol. The van der Waals surface area contributed by atoms with E-state index >= 15 is 0 Å². The Kier molecular flexibility index (Phi) is 6.23. The maximum Gasteiger partial charge on any atom is 0.161 e. The van der Waals surface area contributed by atoms with E-state index in [4.69, 9.17) is 25.9 Å². The van der Waals surface area contributed by atoms with Crippen LogP contribution in [-0.4, -0.2) is 19.9 Å². The molecule has 0 bridgehead atoms. The number of ether oxygens (including phenoxy) is 2. The normalized spacial score (nSPS) is 10.8. The molecule has 0 saturated heterocycles. The number of rotatable bonds is 7. The Hall–Kier alpha value is -2.27. The summed E-state index contributed by atoms with van der Waals surface area (Å²) in [7, 11) is 1.58. The Bertz CT molecular complexity index is 692. The molecule has 0 atom stereocenters. The SMILES string of the molecule is CCOc1ccc(/C=N/OCc2ccc(F)cc2Cl)cc1OC. The van der Waals surface area contributed by atoms with Gasteiger partial charge in [0.15, 0.2) is 11.5 Å². The predicted molar refractivity (Wildman–Crippen MR) is 88.0 cm³/mol. The number of methoxy groups -OCH3 is 1. The van der Waals surface area contributed by atoms with E-state index < -0.39 is 0 Å². The van der Waals surface area contributed by atoms with Crippen LogP contribution in [0.3, 0.4) is 0 Å². The van der Waals surface area contributed by atoms with Crippen LogP contribution in [0.25, 0.3) is 0 Å². The van der Waals surface area contributed by atoms with E-state index in [9.17, 15) is 4.39 Å². The Labute approximate surface area is 139 Å². The van der Waals surface area contributed by atoms with Gasteiger partial charge in [-0.1, -0.05) is 22.8 Å². The van der Waals surface area contributed by atoms with Crippen LogP contribution in [0.4, 0.5) is 4.39 Å². The minimum absolute atomic E-state index is 0.157. The molecule has 0 aliphatic carbocycles. The molecule has 2 aromatic rings. The van der Waals surface area contributed by atoms with E-state index in [0.29, 0.717) is 28.7 Å². The molecule has 6 heteroatoms. The Morgan fingerprint density at radius 2 is 2.00 bits per heavy atom. The first kappa shape index (κ1) is 17.1. The summed E-state index contributed by atoms with van der Waals surface area (Å²) in [6, 6.07) is 9.56. The zero-order valence-corrected chi connectivity index (χ0v) is 13.6. The largest absolute Gasteiger partial charge is 0.493 e. The van der Waals surface area contributed by atoms with Gasteiger partial charge in [-0.15, -0.1) is 0 Å². The fourth-order valence-electron chi connectivity index (χ4n) is 1.88. The van der Waals surface area contributed by atoms with Crippen LogP contribution in [0.5, 0.6) is 11.5 Å². The van der Waals surface area contributed by atoms with Gasteiger partial charge in [0, 0.05) is 11.1 Å². The summed E-state index contributed by atoms with van der Waals surface area (Å²) in [6.07, 6.45) is 1.55. The third kappa shape index (κ3) is 4.86. The summed E-state index contributed by atoms with van der Waals surface area (Å²) in [5.41, 5.74) is 1.46. The van der Waals surface area contributed by atoms with Crippen LogP contribution in [-0.2, 0) is 11.4 Å². The van der Waals surface area contributed by atoms with Gasteiger partial charge in [0.2, 0.25) is 0 Å². The molecule has 0 unspecified atom stereocenters. The molecule has 0 aromatic heterocycles. The van der Waals surface area contributed by atoms with Crippen LogP contribution in [0, 0.1) is 5.82 Å². The summed E-state index contributed by atoms with van der Waals surface area (Å²) in [4.78, 5) is 5.19. The first-order chi connectivity index (χ1) is 11.1. The lowest BCUT2D eigenvalue weighted by Crippen LogP contribution is -1.96. The highest BCUT2D eigenvalue weighted by molar-refractivity contribution is 6.31. The smallest absolute Gasteiger partial charge is 0.161 e. The van der Waals surface area contributed by atoms with E-state index in [1.54, 1.807) is 31.5 Å². The lowest BCUT2D eigenvalue weighted by Gasteiger charge is -2.09. The maximum atomic E-state index is 12.9. The molecule has 2 rings (SSSR count). The molecule has 122 valence electrons. The number of nitrogens with zero attached hydrogens (tertiary/aromatic N) is 1. The van der Waals surface area contributed by atoms with Crippen molar-refractivity contribution < 1.29 is 18.7 Å². The highest BCUT2D eigenvalue weighted by Gasteiger charge is 2.04. The van der Waals surface area contributed by atoms with Crippen molar-refractivity contribution in [2.45, 2.75) is 13.5 Å². The van der Waals surface area contributed by atoms with E-state index in [1.807, 2.05) is 13.0 Å². The van der Waals surface area contributed by atoms with Crippen molar-refractivity contribution in [2.75, 3.05) is 13.7 Å². The van der Waals surface area contributed by atoms with Crippen molar-refractivity contribution in [3.63, 3.8) is 0 Å². The molecule has 0 amide bonds. The molecule has 2 aromatic carbocycles. The van der Waals surface area contributed by atoms with Gasteiger partial charge in [-0.2, -0.15) is 0 Å². The summed E-state index contributed by atoms with van der Waals surface area (Å²) in [6.45, 7) is 2.62. The number of oxime groups is 1. The molecule has 0 fully saturated rings. The first-order valence-corrected chi connectivity index (χ1v) is 7.42. The Morgan fingerprint density at radius 3 is 2.70 bits per heavy atom. The monoisotopic (exact) mass is 337 g/mol. The molecule has 0 radical (unpaired) electrons. The molecule has 0 N–H and O–H groups in total. The van der Waals surface area contributed by atoms with Crippen LogP contribution >= 0.6 is 11.6 Å². The molecule has 0 heterocycles. The minimum atomic E-state index is -0.385. The topological polar surface area (TPSA) is 40.0 Å². The molecule has 0 aliphatic heterocycles. The molecule has 0 aliphatic rings. The molecule has 4 nitrogen and oxygen atoms in total. The summed E-state index contributed by atoms with van der Waals surface area (Å²) < 4.78 is 23.6. The lowest BCUT2D eigenvalue weighted by molar-refractivity contribution is 0.132. The highest BCUT2D eigenvalue weighted by Crippen LogP contribution is 2.27. The zero-order valence-electron chi connectivity index (χ0n) is 12.9. The van der Waals surface area contributed by atoms with Crippen LogP contribution in [0.1, 0.15) is 18.1 Å². The van der Waals surface area contributed by atoms with Crippen molar-refractivity contribution in [3.05, 3.63) is 58.4 Å². The van der Waals surface area contributed by atoms with Gasteiger partial charge in [-0.05, 0) is 37.3 Å². The zero-order chi connectivity index (χ0) is 16.7. The van der Waals surface area contributed by atoms with Crippen molar-refractivity contribution in [3.8, 4) is 11.5 Å². The second-order valence-electron chi connectivity index (χ2n) is 4.59. The fraction of sp³-hybridized carbons (Fsp3) is 0.235. The van der Waals surface area contributed by atoms with Gasteiger partial charge in [0.05, 0.1) is 25.0 Å². The quantitative estimate of drug-likeness (QED) is 0.554. The van der Waals surface area contributed by atoms with Gasteiger partial charge in [0.1, 0.15) is 12.4 Å². The third-order valence-corrected chi connectivity index (χ3v) is 3.35. The number of benzene rings is 2. The average Bonchev–Trinajstić information content (AvgIpc) is 2.54. The van der Waals surface area contributed by atoms with Gasteiger partial charge < -0.3 is 14.3 Å². The summed E-state index contributed by atoms with van der Waals surface area (Å²) >= 11 is 5.91. The third-order valence-electron chi connectivity index (χ3n) is 3.00. The van der Waals surface area contributed by atoms with Crippen molar-refractivity contribution in [1.29, 1.82) is 0 Å². The lowest BCUT2D eigenvalue weighted by atomic mass is 10.2. The minimum Gasteiger partial charge on any atom is -0.493 e. The Balaban J connectivity index is 1.97. The van der Waals surface area contributed by atoms with Crippen LogP contribution in [0.15, 0.2) is 41.6 Å². The van der Waals surface area contributed by atoms with Crippen LogP contribution in [0.2, 0.25) is 5.02 Å². The van der Waals surface area contributed by atoms with Gasteiger partial charge >= 0.3 is 0 Å². The van der Waals surface area contributed by atoms with Gasteiger partial charge in [-0.25, -0.2) is 4.39 Å². The first-order valence-electron chi connectivity index (χ1n) is 7.04. The van der Waals surface area contributed by atoms with Crippen molar-refractivity contribution in [1.82, 2.24) is 0 Å². The number of hydrogen-bond acceptors (Lipinski definition) is 4. The summed E-state index contributed by atoms with van der Waals surface area (Å²) in [5.74, 6) is 0.910. The van der Waals surface area contributed by atoms with E-state index in [-0.39, 0.29) is 12.4 Å². The number of hydrogen-bond donors (Lipinski definition) is 0. The molecular formula is C17H17ClFNO3. The van der Waals surface area contributed by atoms with E-state index in [2.05, 4.69) is 5.16 Å². The molecule has 0 saturated carbocycles. The second kappa shape index (κ2) is 8.39. The standard InChI is InChI=1S/C17H17ClFNO3/c1-3-22-16-7-4-12(8-17(16)21-2)10-20-23-11-13-5-6-14(19)9-15(13)18/h4-10H,3,11H2,1-2H3/b20-10+. The van der Waals surface area contributed by atoms with Gasteiger partial charge in [0.25, 0.3) is 0 Å². The van der Waals surface area contributed by atoms with Crippen molar-refractivity contribution >= 4 is 17.8 Å². The van der Waals surface area contributed by atoms with Crippen LogP contribution < -0.4 is 9.47 Å². The molecule has 0 spiro atoms. The molecule has 23 heavy (non-hydrogen) atoms. The summed E-state index contributed by atoms with van der Waals surface area (Å²) in [5, 5.41) is 4.19. The number of halogens is 2. The molecular weight excluding hydrogens is 321 g/mol. The maximum absolute atomic E-state index is 12.9. The predicted octanol–water partition coefficient (Wildman–Crippen LogP) is 4.44. The van der Waals surface area contributed by atoms with E-state index in [0.717, 1.165) is 5.56 Å². The fourth-order valence-corrected chi connectivity index (χ4v) is 2.10. The van der Waals surface area contributed by atoms with Crippen molar-refractivity contribution in [2.24, 2.45) is 5.16 Å².